The Morgan fingerprint density at radius 1 is 1.22 bits per heavy atom. The normalized spacial score (nSPS) is 17.3. The number of hydrogen-bond acceptors (Lipinski definition) is 10. The lowest BCUT2D eigenvalue weighted by Crippen LogP contribution is -2.40. The SMILES string of the molecule is CN(C)C(=O)C1CCN(c2ncnc3c2c2ccc(S(=O)(=O)NC4(C#N)CC4)cc2n3-c2nnc(C(F)F)s2)CC1. The third kappa shape index (κ3) is 4.77. The van der Waals surface area contributed by atoms with Crippen molar-refractivity contribution in [1.29, 1.82) is 5.26 Å². The number of anilines is 1. The maximum atomic E-state index is 13.4. The summed E-state index contributed by atoms with van der Waals surface area (Å²) in [5, 5.41) is 17.8. The third-order valence-electron chi connectivity index (χ3n) is 7.49. The number of nitrogens with zero attached hydrogens (tertiary/aromatic N) is 8. The quantitative estimate of drug-likeness (QED) is 0.337. The standard InChI is InChI=1S/C25H25F2N9O3S2/c1-34(2)23(37)14-5-9-35(10-6-14)20-18-16-4-3-15(41(38,39)33-25(12-28)7-8-25)11-17(16)36(21(18)30-13-29-20)24-32-31-22(40-24)19(26)27/h3-4,11,13-14,19,33H,5-10H2,1-2H3. The molecule has 41 heavy (non-hydrogen) atoms. The first-order valence-corrected chi connectivity index (χ1v) is 15.2. The smallest absolute Gasteiger partial charge is 0.291 e. The molecule has 1 saturated heterocycles. The summed E-state index contributed by atoms with van der Waals surface area (Å²) in [6.07, 6.45) is 0.632. The van der Waals surface area contributed by atoms with E-state index < -0.39 is 27.0 Å². The Labute approximate surface area is 237 Å². The average molecular weight is 602 g/mol. The average Bonchev–Trinajstić information content (AvgIpc) is 3.39. The number of rotatable bonds is 7. The second kappa shape index (κ2) is 9.93. The molecule has 1 aromatic carbocycles. The van der Waals surface area contributed by atoms with E-state index in [9.17, 15) is 27.3 Å². The highest BCUT2D eigenvalue weighted by molar-refractivity contribution is 7.89. The number of fused-ring (bicyclic) bond motifs is 3. The van der Waals surface area contributed by atoms with Crippen LogP contribution in [0.3, 0.4) is 0 Å². The van der Waals surface area contributed by atoms with Gasteiger partial charge in [0, 0.05) is 38.5 Å². The van der Waals surface area contributed by atoms with Gasteiger partial charge in [0.2, 0.25) is 21.1 Å². The second-order valence-electron chi connectivity index (χ2n) is 10.4. The van der Waals surface area contributed by atoms with Crippen LogP contribution in [0.25, 0.3) is 27.1 Å². The molecular weight excluding hydrogens is 576 g/mol. The van der Waals surface area contributed by atoms with Gasteiger partial charge in [0.25, 0.3) is 6.43 Å². The van der Waals surface area contributed by atoms with Gasteiger partial charge in [-0.3, -0.25) is 9.36 Å². The summed E-state index contributed by atoms with van der Waals surface area (Å²) in [6, 6.07) is 6.50. The fourth-order valence-electron chi connectivity index (χ4n) is 5.19. The number of alkyl halides is 2. The number of piperidine rings is 1. The van der Waals surface area contributed by atoms with Crippen LogP contribution in [-0.4, -0.2) is 76.7 Å². The summed E-state index contributed by atoms with van der Waals surface area (Å²) in [4.78, 5) is 25.1. The predicted octanol–water partition coefficient (Wildman–Crippen LogP) is 3.00. The maximum absolute atomic E-state index is 13.4. The molecule has 3 aromatic heterocycles. The molecular formula is C25H25F2N9O3S2. The van der Waals surface area contributed by atoms with Crippen LogP contribution in [0.2, 0.25) is 0 Å². The van der Waals surface area contributed by atoms with Crippen molar-refractivity contribution in [2.75, 3.05) is 32.1 Å². The number of amides is 1. The Balaban J connectivity index is 1.49. The molecule has 4 heterocycles. The number of carbonyl (C=O) groups is 1. The Morgan fingerprint density at radius 2 is 1.95 bits per heavy atom. The van der Waals surface area contributed by atoms with Crippen molar-refractivity contribution in [1.82, 2.24) is 34.4 Å². The fraction of sp³-hybridized carbons (Fsp3) is 0.440. The predicted molar refractivity (Wildman–Crippen MR) is 146 cm³/mol. The lowest BCUT2D eigenvalue weighted by Gasteiger charge is -2.33. The Hall–Kier alpha value is -3.81. The summed E-state index contributed by atoms with van der Waals surface area (Å²) >= 11 is 0.679. The van der Waals surface area contributed by atoms with Crippen molar-refractivity contribution in [3.05, 3.63) is 29.5 Å². The first kappa shape index (κ1) is 27.4. The van der Waals surface area contributed by atoms with E-state index in [1.165, 1.54) is 23.0 Å². The molecule has 0 atom stereocenters. The second-order valence-corrected chi connectivity index (χ2v) is 13.1. The molecule has 12 nitrogen and oxygen atoms in total. The Morgan fingerprint density at radius 3 is 2.56 bits per heavy atom. The molecule has 6 rings (SSSR count). The number of hydrogen-bond donors (Lipinski definition) is 1. The van der Waals surface area contributed by atoms with Crippen LogP contribution in [0.5, 0.6) is 0 Å². The fourth-order valence-corrected chi connectivity index (χ4v) is 7.30. The van der Waals surface area contributed by atoms with Gasteiger partial charge in [-0.15, -0.1) is 10.2 Å². The first-order valence-electron chi connectivity index (χ1n) is 12.9. The van der Waals surface area contributed by atoms with Crippen molar-refractivity contribution in [3.63, 3.8) is 0 Å². The van der Waals surface area contributed by atoms with Crippen LogP contribution < -0.4 is 9.62 Å². The van der Waals surface area contributed by atoms with Crippen LogP contribution in [0.1, 0.15) is 37.1 Å². The molecule has 1 saturated carbocycles. The molecule has 0 bridgehead atoms. The molecule has 2 fully saturated rings. The van der Waals surface area contributed by atoms with Crippen LogP contribution >= 0.6 is 11.3 Å². The zero-order valence-electron chi connectivity index (χ0n) is 22.1. The molecule has 1 N–H and O–H groups in total. The lowest BCUT2D eigenvalue weighted by molar-refractivity contribution is -0.133. The summed E-state index contributed by atoms with van der Waals surface area (Å²) in [5.74, 6) is 0.563. The van der Waals surface area contributed by atoms with Crippen LogP contribution in [0, 0.1) is 17.2 Å². The van der Waals surface area contributed by atoms with Crippen molar-refractivity contribution < 1.29 is 22.0 Å². The zero-order chi connectivity index (χ0) is 29.1. The minimum atomic E-state index is -4.08. The Kier molecular flexibility index (Phi) is 6.63. The van der Waals surface area contributed by atoms with E-state index in [0.29, 0.717) is 77.9 Å². The molecule has 4 aromatic rings. The van der Waals surface area contributed by atoms with E-state index in [1.807, 2.05) is 11.0 Å². The summed E-state index contributed by atoms with van der Waals surface area (Å²) < 4.78 is 57.3. The molecule has 1 aliphatic carbocycles. The van der Waals surface area contributed by atoms with Gasteiger partial charge in [0.05, 0.1) is 21.9 Å². The van der Waals surface area contributed by atoms with Crippen molar-refractivity contribution in [3.8, 4) is 11.2 Å². The number of halogens is 2. The van der Waals surface area contributed by atoms with Gasteiger partial charge in [-0.05, 0) is 37.8 Å². The van der Waals surface area contributed by atoms with Gasteiger partial charge >= 0.3 is 0 Å². The van der Waals surface area contributed by atoms with E-state index in [2.05, 4.69) is 24.9 Å². The first-order chi connectivity index (χ1) is 19.5. The zero-order valence-corrected chi connectivity index (χ0v) is 23.7. The van der Waals surface area contributed by atoms with E-state index in [1.54, 1.807) is 25.1 Å². The summed E-state index contributed by atoms with van der Waals surface area (Å²) in [7, 11) is -0.606. The highest BCUT2D eigenvalue weighted by Crippen LogP contribution is 2.40. The van der Waals surface area contributed by atoms with Crippen LogP contribution in [0.4, 0.5) is 14.6 Å². The van der Waals surface area contributed by atoms with E-state index in [-0.39, 0.29) is 21.9 Å². The minimum absolute atomic E-state index is 0.0758. The van der Waals surface area contributed by atoms with Gasteiger partial charge in [0.1, 0.15) is 17.7 Å². The highest BCUT2D eigenvalue weighted by Gasteiger charge is 2.47. The summed E-state index contributed by atoms with van der Waals surface area (Å²) in [6.45, 7) is 1.12. The topological polar surface area (TPSA) is 150 Å². The minimum Gasteiger partial charge on any atom is -0.356 e. The van der Waals surface area contributed by atoms with Gasteiger partial charge in [0.15, 0.2) is 10.7 Å². The highest BCUT2D eigenvalue weighted by atomic mass is 32.2. The molecule has 1 amide bonds. The van der Waals surface area contributed by atoms with Gasteiger partial charge < -0.3 is 9.80 Å². The van der Waals surface area contributed by atoms with Crippen molar-refractivity contribution in [2.24, 2.45) is 5.92 Å². The van der Waals surface area contributed by atoms with Crippen molar-refractivity contribution >= 4 is 55.0 Å². The molecule has 2 aliphatic rings. The molecule has 0 radical (unpaired) electrons. The molecule has 16 heteroatoms. The molecule has 0 unspecified atom stereocenters. The van der Waals surface area contributed by atoms with Gasteiger partial charge in [-0.2, -0.15) is 9.98 Å². The molecule has 0 spiro atoms. The van der Waals surface area contributed by atoms with Crippen LogP contribution in [-0.2, 0) is 14.8 Å². The number of benzene rings is 1. The lowest BCUT2D eigenvalue weighted by atomic mass is 9.95. The van der Waals surface area contributed by atoms with Gasteiger partial charge in [-0.25, -0.2) is 27.2 Å². The molecule has 1 aliphatic heterocycles. The van der Waals surface area contributed by atoms with Gasteiger partial charge in [-0.1, -0.05) is 17.4 Å². The van der Waals surface area contributed by atoms with E-state index in [0.717, 1.165) is 0 Å². The number of nitriles is 1. The number of sulfonamides is 1. The number of nitrogens with one attached hydrogen (secondary N) is 1. The monoisotopic (exact) mass is 601 g/mol. The number of carbonyl (C=O) groups excluding carboxylic acids is 1. The maximum Gasteiger partial charge on any atom is 0.291 e. The van der Waals surface area contributed by atoms with E-state index in [4.69, 9.17) is 0 Å². The Bertz CT molecular complexity index is 1820. The van der Waals surface area contributed by atoms with Crippen LogP contribution in [0.15, 0.2) is 29.4 Å². The molecule has 214 valence electrons. The van der Waals surface area contributed by atoms with E-state index >= 15 is 0 Å². The number of aromatic nitrogens is 5. The largest absolute Gasteiger partial charge is 0.356 e. The van der Waals surface area contributed by atoms with Crippen molar-refractivity contribution in [2.45, 2.75) is 42.5 Å². The summed E-state index contributed by atoms with van der Waals surface area (Å²) in [5.41, 5.74) is -0.405. The third-order valence-corrected chi connectivity index (χ3v) is 9.94.